The number of hydrogen-bond donors (Lipinski definition) is 1. The molecule has 148 valence electrons. The highest BCUT2D eigenvalue weighted by molar-refractivity contribution is 5.94. The predicted molar refractivity (Wildman–Crippen MR) is 114 cm³/mol. The fourth-order valence-electron chi connectivity index (χ4n) is 4.34. The second-order valence-electron chi connectivity index (χ2n) is 8.13. The van der Waals surface area contributed by atoms with Crippen molar-refractivity contribution in [2.75, 3.05) is 45.8 Å². The van der Waals surface area contributed by atoms with Crippen molar-refractivity contribution in [2.45, 2.75) is 19.3 Å². The molecule has 2 aliphatic rings. The van der Waals surface area contributed by atoms with Gasteiger partial charge in [0.15, 0.2) is 0 Å². The molecule has 28 heavy (non-hydrogen) atoms. The van der Waals surface area contributed by atoms with Crippen LogP contribution in [0.4, 0.5) is 0 Å². The zero-order chi connectivity index (χ0) is 19.2. The number of carbonyl (C=O) groups is 1. The number of amides is 1. The molecule has 1 unspecified atom stereocenters. The van der Waals surface area contributed by atoms with Crippen LogP contribution >= 0.6 is 0 Å². The van der Waals surface area contributed by atoms with Crippen LogP contribution in [0, 0.1) is 5.92 Å². The van der Waals surface area contributed by atoms with Crippen LogP contribution in [-0.2, 0) is 12.8 Å². The maximum atomic E-state index is 13.0. The maximum absolute atomic E-state index is 13.0. The normalized spacial score (nSPS) is 20.4. The lowest BCUT2D eigenvalue weighted by atomic mass is 9.97. The van der Waals surface area contributed by atoms with Crippen molar-refractivity contribution in [1.82, 2.24) is 15.1 Å². The fraction of sp³-hybridized carbons (Fsp3) is 0.458. The third-order valence-electron chi connectivity index (χ3n) is 6.08. The summed E-state index contributed by atoms with van der Waals surface area (Å²) in [5.74, 6) is 0.896. The molecule has 4 rings (SSSR count). The van der Waals surface area contributed by atoms with Crippen LogP contribution in [0.1, 0.15) is 27.9 Å². The number of piperazine rings is 1. The molecule has 2 aliphatic heterocycles. The number of nitrogens with zero attached hydrogens (tertiary/aromatic N) is 2. The molecular formula is C24H31N3O. The predicted octanol–water partition coefficient (Wildman–Crippen LogP) is 2.84. The second kappa shape index (κ2) is 9.35. The van der Waals surface area contributed by atoms with Crippen molar-refractivity contribution in [3.63, 3.8) is 0 Å². The molecule has 2 fully saturated rings. The van der Waals surface area contributed by atoms with Gasteiger partial charge in [0.2, 0.25) is 0 Å². The van der Waals surface area contributed by atoms with E-state index in [2.05, 4.69) is 52.7 Å². The Hall–Kier alpha value is -2.17. The van der Waals surface area contributed by atoms with Crippen LogP contribution in [0.3, 0.4) is 0 Å². The van der Waals surface area contributed by atoms with Crippen LogP contribution in [0.15, 0.2) is 54.6 Å². The highest BCUT2D eigenvalue weighted by Gasteiger charge is 2.22. The first-order valence-electron chi connectivity index (χ1n) is 10.6. The van der Waals surface area contributed by atoms with Crippen molar-refractivity contribution < 1.29 is 4.79 Å². The Kier molecular flexibility index (Phi) is 6.40. The van der Waals surface area contributed by atoms with E-state index in [1.807, 2.05) is 17.0 Å². The number of benzene rings is 2. The van der Waals surface area contributed by atoms with Gasteiger partial charge in [-0.3, -0.25) is 9.69 Å². The zero-order valence-electron chi connectivity index (χ0n) is 16.6. The highest BCUT2D eigenvalue weighted by Crippen LogP contribution is 2.17. The van der Waals surface area contributed by atoms with Crippen LogP contribution in [0.2, 0.25) is 0 Å². The summed E-state index contributed by atoms with van der Waals surface area (Å²) in [6, 6.07) is 18.9. The molecule has 2 aromatic carbocycles. The monoisotopic (exact) mass is 377 g/mol. The van der Waals surface area contributed by atoms with E-state index >= 15 is 0 Å². The van der Waals surface area contributed by atoms with E-state index in [4.69, 9.17) is 0 Å². The van der Waals surface area contributed by atoms with Gasteiger partial charge in [-0.05, 0) is 61.5 Å². The van der Waals surface area contributed by atoms with Gasteiger partial charge in [0.1, 0.15) is 0 Å². The molecule has 4 nitrogen and oxygen atoms in total. The average molecular weight is 378 g/mol. The number of hydrogen-bond acceptors (Lipinski definition) is 3. The molecular weight excluding hydrogens is 346 g/mol. The lowest BCUT2D eigenvalue weighted by Gasteiger charge is -2.34. The Balaban J connectivity index is 1.27. The Labute approximate surface area is 168 Å². The van der Waals surface area contributed by atoms with Gasteiger partial charge in [-0.25, -0.2) is 0 Å². The van der Waals surface area contributed by atoms with Crippen molar-refractivity contribution >= 4 is 5.91 Å². The Morgan fingerprint density at radius 3 is 2.50 bits per heavy atom. The van der Waals surface area contributed by atoms with Crippen LogP contribution in [-0.4, -0.2) is 61.5 Å². The van der Waals surface area contributed by atoms with E-state index in [1.54, 1.807) is 0 Å². The molecule has 2 heterocycles. The van der Waals surface area contributed by atoms with Crippen molar-refractivity contribution in [1.29, 1.82) is 0 Å². The van der Waals surface area contributed by atoms with E-state index in [0.717, 1.165) is 64.2 Å². The van der Waals surface area contributed by atoms with Crippen molar-refractivity contribution in [3.8, 4) is 0 Å². The van der Waals surface area contributed by atoms with Crippen molar-refractivity contribution in [3.05, 3.63) is 71.3 Å². The number of rotatable bonds is 6. The molecule has 1 N–H and O–H groups in total. The van der Waals surface area contributed by atoms with E-state index in [1.165, 1.54) is 17.5 Å². The summed E-state index contributed by atoms with van der Waals surface area (Å²) >= 11 is 0. The van der Waals surface area contributed by atoms with Gasteiger partial charge < -0.3 is 10.2 Å². The maximum Gasteiger partial charge on any atom is 0.253 e. The van der Waals surface area contributed by atoms with Crippen LogP contribution < -0.4 is 5.32 Å². The van der Waals surface area contributed by atoms with Gasteiger partial charge in [-0.1, -0.05) is 42.5 Å². The second-order valence-corrected chi connectivity index (χ2v) is 8.13. The Morgan fingerprint density at radius 1 is 0.964 bits per heavy atom. The summed E-state index contributed by atoms with van der Waals surface area (Å²) < 4.78 is 0. The summed E-state index contributed by atoms with van der Waals surface area (Å²) in [7, 11) is 0. The minimum Gasteiger partial charge on any atom is -0.336 e. The third-order valence-corrected chi connectivity index (χ3v) is 6.08. The van der Waals surface area contributed by atoms with Crippen LogP contribution in [0.25, 0.3) is 0 Å². The van der Waals surface area contributed by atoms with Crippen molar-refractivity contribution in [2.24, 2.45) is 5.92 Å². The summed E-state index contributed by atoms with van der Waals surface area (Å²) in [4.78, 5) is 17.5. The molecule has 0 aromatic heterocycles. The summed E-state index contributed by atoms with van der Waals surface area (Å²) in [6.45, 7) is 6.87. The van der Waals surface area contributed by atoms with Gasteiger partial charge >= 0.3 is 0 Å². The summed E-state index contributed by atoms with van der Waals surface area (Å²) in [5, 5.41) is 3.43. The molecule has 1 atom stereocenters. The molecule has 2 aromatic rings. The third kappa shape index (κ3) is 5.00. The van der Waals surface area contributed by atoms with E-state index in [9.17, 15) is 4.79 Å². The standard InChI is InChI=1S/C24H31N3O/c28-24(23-8-4-7-21(18-23)17-22-9-11-25-19-22)27-15-13-26(14-16-27)12-10-20-5-2-1-3-6-20/h1-8,18,22,25H,9-17,19H2. The fourth-order valence-corrected chi connectivity index (χ4v) is 4.34. The van der Waals surface area contributed by atoms with Gasteiger partial charge in [0.05, 0.1) is 0 Å². The molecule has 0 spiro atoms. The lowest BCUT2D eigenvalue weighted by molar-refractivity contribution is 0.0638. The largest absolute Gasteiger partial charge is 0.336 e. The summed E-state index contributed by atoms with van der Waals surface area (Å²) in [5.41, 5.74) is 3.53. The average Bonchev–Trinajstić information content (AvgIpc) is 3.26. The molecule has 4 heteroatoms. The first kappa shape index (κ1) is 19.2. The van der Waals surface area contributed by atoms with Gasteiger partial charge in [-0.2, -0.15) is 0 Å². The molecule has 1 amide bonds. The molecule has 0 bridgehead atoms. The topological polar surface area (TPSA) is 35.6 Å². The highest BCUT2D eigenvalue weighted by atomic mass is 16.2. The Morgan fingerprint density at radius 2 is 1.75 bits per heavy atom. The Bertz CT molecular complexity index is 762. The lowest BCUT2D eigenvalue weighted by Crippen LogP contribution is -2.49. The molecule has 0 saturated carbocycles. The van der Waals surface area contributed by atoms with Gasteiger partial charge in [0.25, 0.3) is 5.91 Å². The SMILES string of the molecule is O=C(c1cccc(CC2CCNC2)c1)N1CCN(CCc2ccccc2)CC1. The van der Waals surface area contributed by atoms with E-state index in [0.29, 0.717) is 5.92 Å². The van der Waals surface area contributed by atoms with Gasteiger partial charge in [-0.15, -0.1) is 0 Å². The van der Waals surface area contributed by atoms with E-state index in [-0.39, 0.29) is 5.91 Å². The number of carbonyl (C=O) groups excluding carboxylic acids is 1. The first-order chi connectivity index (χ1) is 13.8. The molecule has 0 aliphatic carbocycles. The quantitative estimate of drug-likeness (QED) is 0.841. The minimum absolute atomic E-state index is 0.189. The molecule has 0 radical (unpaired) electrons. The first-order valence-corrected chi connectivity index (χ1v) is 10.6. The smallest absolute Gasteiger partial charge is 0.253 e. The zero-order valence-corrected chi connectivity index (χ0v) is 16.6. The minimum atomic E-state index is 0.189. The van der Waals surface area contributed by atoms with Gasteiger partial charge in [0, 0.05) is 38.3 Å². The summed E-state index contributed by atoms with van der Waals surface area (Å²) in [6.07, 6.45) is 3.39. The molecule has 2 saturated heterocycles. The van der Waals surface area contributed by atoms with E-state index < -0.39 is 0 Å². The number of nitrogens with one attached hydrogen (secondary N) is 1. The van der Waals surface area contributed by atoms with Crippen LogP contribution in [0.5, 0.6) is 0 Å².